The molecule has 0 aromatic heterocycles. The van der Waals surface area contributed by atoms with Gasteiger partial charge in [0.15, 0.2) is 5.75 Å². The van der Waals surface area contributed by atoms with Crippen molar-refractivity contribution in [3.8, 4) is 5.75 Å². The first-order valence-corrected chi connectivity index (χ1v) is 6.83. The second kappa shape index (κ2) is 4.29. The number of amides is 1. The molecular formula is C14H17Cl2NO2. The van der Waals surface area contributed by atoms with Crippen LogP contribution in [0.4, 0.5) is 5.69 Å². The van der Waals surface area contributed by atoms with Gasteiger partial charge in [0.2, 0.25) is 5.91 Å². The highest BCUT2D eigenvalue weighted by Crippen LogP contribution is 2.68. The molecule has 1 aromatic carbocycles. The second-order valence-corrected chi connectivity index (χ2v) is 6.99. The Kier molecular flexibility index (Phi) is 3.27. The third kappa shape index (κ3) is 2.19. The Morgan fingerprint density at radius 1 is 1.21 bits per heavy atom. The summed E-state index contributed by atoms with van der Waals surface area (Å²) in [5.74, 6) is -0.378. The van der Waals surface area contributed by atoms with Gasteiger partial charge in [-0.15, -0.1) is 0 Å². The fourth-order valence-electron chi connectivity index (χ4n) is 2.72. The van der Waals surface area contributed by atoms with E-state index in [0.29, 0.717) is 5.02 Å². The number of hydrogen-bond donors (Lipinski definition) is 2. The predicted molar refractivity (Wildman–Crippen MR) is 77.8 cm³/mol. The molecule has 104 valence electrons. The molecule has 19 heavy (non-hydrogen) atoms. The molecule has 3 nitrogen and oxygen atoms in total. The summed E-state index contributed by atoms with van der Waals surface area (Å²) in [5, 5.41) is 13.0. The minimum Gasteiger partial charge on any atom is -0.504 e. The Bertz CT molecular complexity index is 539. The van der Waals surface area contributed by atoms with E-state index >= 15 is 0 Å². The minimum absolute atomic E-state index is 0.0604. The van der Waals surface area contributed by atoms with E-state index in [4.69, 9.17) is 23.2 Å². The Hall–Kier alpha value is -0.930. The van der Waals surface area contributed by atoms with Crippen LogP contribution in [0.1, 0.15) is 27.7 Å². The van der Waals surface area contributed by atoms with Crippen molar-refractivity contribution < 1.29 is 9.90 Å². The maximum absolute atomic E-state index is 12.3. The van der Waals surface area contributed by atoms with Crippen molar-refractivity contribution in [3.63, 3.8) is 0 Å². The molecule has 1 saturated carbocycles. The second-order valence-electron chi connectivity index (χ2n) is 6.15. The maximum atomic E-state index is 12.3. The lowest BCUT2D eigenvalue weighted by molar-refractivity contribution is -0.118. The average Bonchev–Trinajstić information content (AvgIpc) is 2.65. The van der Waals surface area contributed by atoms with Gasteiger partial charge in [0, 0.05) is 10.9 Å². The third-order valence-electron chi connectivity index (χ3n) is 4.57. The van der Waals surface area contributed by atoms with Crippen LogP contribution in [0.3, 0.4) is 0 Å². The van der Waals surface area contributed by atoms with E-state index in [1.807, 2.05) is 0 Å². The average molecular weight is 302 g/mol. The molecular weight excluding hydrogens is 285 g/mol. The summed E-state index contributed by atoms with van der Waals surface area (Å²) < 4.78 is 0. The number of phenolic OH excluding ortho intramolecular Hbond substituents is 1. The van der Waals surface area contributed by atoms with Crippen LogP contribution < -0.4 is 5.32 Å². The quantitative estimate of drug-likeness (QED) is 0.799. The highest BCUT2D eigenvalue weighted by atomic mass is 35.5. The summed E-state index contributed by atoms with van der Waals surface area (Å²) in [6, 6.07) is 2.92. The summed E-state index contributed by atoms with van der Waals surface area (Å²) >= 11 is 11.7. The molecule has 0 unspecified atom stereocenters. The van der Waals surface area contributed by atoms with E-state index in [1.54, 1.807) is 0 Å². The van der Waals surface area contributed by atoms with Crippen molar-refractivity contribution in [2.24, 2.45) is 16.7 Å². The van der Waals surface area contributed by atoms with Crippen molar-refractivity contribution in [1.29, 1.82) is 0 Å². The van der Waals surface area contributed by atoms with Gasteiger partial charge in [0.1, 0.15) is 0 Å². The van der Waals surface area contributed by atoms with Crippen LogP contribution in [0.15, 0.2) is 12.1 Å². The SMILES string of the molecule is CC1(C)C(C(=O)Nc2cc(Cl)cc(Cl)c2O)C1(C)C. The first kappa shape index (κ1) is 14.5. The van der Waals surface area contributed by atoms with Gasteiger partial charge in [-0.1, -0.05) is 50.9 Å². The molecule has 1 aliphatic rings. The standard InChI is InChI=1S/C14H17Cl2NO2/c1-13(2)11(14(13,3)4)12(19)17-9-6-7(15)5-8(16)10(9)18/h5-6,11,18H,1-4H3,(H,17,19). The van der Waals surface area contributed by atoms with E-state index in [-0.39, 0.29) is 39.1 Å². The molecule has 1 aromatic rings. The molecule has 0 saturated heterocycles. The van der Waals surface area contributed by atoms with Crippen LogP contribution in [-0.4, -0.2) is 11.0 Å². The summed E-state index contributed by atoms with van der Waals surface area (Å²) in [6.07, 6.45) is 0. The minimum atomic E-state index is -0.157. The summed E-state index contributed by atoms with van der Waals surface area (Å²) in [6.45, 7) is 8.23. The lowest BCUT2D eigenvalue weighted by Crippen LogP contribution is -2.17. The molecule has 1 amide bonds. The Morgan fingerprint density at radius 3 is 2.21 bits per heavy atom. The van der Waals surface area contributed by atoms with Gasteiger partial charge in [-0.2, -0.15) is 0 Å². The van der Waals surface area contributed by atoms with Crippen molar-refractivity contribution in [3.05, 3.63) is 22.2 Å². The van der Waals surface area contributed by atoms with Crippen LogP contribution in [0.25, 0.3) is 0 Å². The van der Waals surface area contributed by atoms with Crippen molar-refractivity contribution in [2.45, 2.75) is 27.7 Å². The first-order chi connectivity index (χ1) is 8.59. The smallest absolute Gasteiger partial charge is 0.228 e. The summed E-state index contributed by atoms with van der Waals surface area (Å²) in [5.41, 5.74) is 0.130. The summed E-state index contributed by atoms with van der Waals surface area (Å²) in [7, 11) is 0. The third-order valence-corrected chi connectivity index (χ3v) is 5.08. The van der Waals surface area contributed by atoms with Gasteiger partial charge in [-0.25, -0.2) is 0 Å². The van der Waals surface area contributed by atoms with E-state index in [1.165, 1.54) is 12.1 Å². The van der Waals surface area contributed by atoms with Crippen molar-refractivity contribution in [1.82, 2.24) is 0 Å². The molecule has 0 heterocycles. The Morgan fingerprint density at radius 2 is 1.74 bits per heavy atom. The van der Waals surface area contributed by atoms with Crippen LogP contribution in [0.5, 0.6) is 5.75 Å². The molecule has 5 heteroatoms. The number of phenols is 1. The van der Waals surface area contributed by atoms with Crippen LogP contribution in [0, 0.1) is 16.7 Å². The zero-order chi connectivity index (χ0) is 14.6. The molecule has 2 N–H and O–H groups in total. The number of nitrogens with one attached hydrogen (secondary N) is 1. The fraction of sp³-hybridized carbons (Fsp3) is 0.500. The Balaban J connectivity index is 2.22. The Labute approximate surface area is 122 Å². The largest absolute Gasteiger partial charge is 0.504 e. The van der Waals surface area contributed by atoms with Gasteiger partial charge in [-0.05, 0) is 23.0 Å². The van der Waals surface area contributed by atoms with Crippen LogP contribution in [-0.2, 0) is 4.79 Å². The van der Waals surface area contributed by atoms with Gasteiger partial charge >= 0.3 is 0 Å². The monoisotopic (exact) mass is 301 g/mol. The number of anilines is 1. The van der Waals surface area contributed by atoms with Crippen LogP contribution >= 0.6 is 23.2 Å². The molecule has 0 radical (unpaired) electrons. The number of aromatic hydroxyl groups is 1. The van der Waals surface area contributed by atoms with Crippen molar-refractivity contribution >= 4 is 34.8 Å². The van der Waals surface area contributed by atoms with Gasteiger partial charge in [0.25, 0.3) is 0 Å². The highest BCUT2D eigenvalue weighted by molar-refractivity contribution is 6.36. The number of carbonyl (C=O) groups is 1. The number of halogens is 2. The number of carbonyl (C=O) groups excluding carboxylic acids is 1. The number of rotatable bonds is 2. The van der Waals surface area contributed by atoms with E-state index in [0.717, 1.165) is 0 Å². The van der Waals surface area contributed by atoms with E-state index in [2.05, 4.69) is 33.0 Å². The first-order valence-electron chi connectivity index (χ1n) is 6.08. The molecule has 0 aliphatic heterocycles. The van der Waals surface area contributed by atoms with E-state index < -0.39 is 0 Å². The molecule has 1 fully saturated rings. The van der Waals surface area contributed by atoms with Crippen LogP contribution in [0.2, 0.25) is 10.0 Å². The summed E-state index contributed by atoms with van der Waals surface area (Å²) in [4.78, 5) is 12.3. The molecule has 1 aliphatic carbocycles. The predicted octanol–water partition coefficient (Wildman–Crippen LogP) is 4.32. The molecule has 0 bridgehead atoms. The zero-order valence-corrected chi connectivity index (χ0v) is 12.9. The van der Waals surface area contributed by atoms with Gasteiger partial charge in [0.05, 0.1) is 10.7 Å². The molecule has 0 atom stereocenters. The maximum Gasteiger partial charge on any atom is 0.228 e. The van der Waals surface area contributed by atoms with Crippen molar-refractivity contribution in [2.75, 3.05) is 5.32 Å². The fourth-order valence-corrected chi connectivity index (χ4v) is 3.21. The number of benzene rings is 1. The van der Waals surface area contributed by atoms with Gasteiger partial charge < -0.3 is 10.4 Å². The molecule has 2 rings (SSSR count). The van der Waals surface area contributed by atoms with E-state index in [9.17, 15) is 9.90 Å². The topological polar surface area (TPSA) is 49.3 Å². The normalized spacial score (nSPS) is 20.1. The lowest BCUT2D eigenvalue weighted by Gasteiger charge is -2.10. The number of hydrogen-bond acceptors (Lipinski definition) is 2. The molecule has 0 spiro atoms. The zero-order valence-electron chi connectivity index (χ0n) is 11.3. The lowest BCUT2D eigenvalue weighted by atomic mass is 10.0. The van der Waals surface area contributed by atoms with Gasteiger partial charge in [-0.3, -0.25) is 4.79 Å². The highest BCUT2D eigenvalue weighted by Gasteiger charge is 2.68.